The van der Waals surface area contributed by atoms with Gasteiger partial charge in [0, 0.05) is 11.3 Å². The Morgan fingerprint density at radius 2 is 1.94 bits per heavy atom. The van der Waals surface area contributed by atoms with E-state index in [9.17, 15) is 23.5 Å². The average molecular weight is 516 g/mol. The van der Waals surface area contributed by atoms with E-state index < -0.39 is 48.4 Å². The molecule has 1 saturated heterocycles. The number of anilines is 1. The fourth-order valence-electron chi connectivity index (χ4n) is 2.78. The van der Waals surface area contributed by atoms with Crippen LogP contribution in [0.2, 0.25) is 0 Å². The molecule has 0 amide bonds. The summed E-state index contributed by atoms with van der Waals surface area (Å²) < 4.78 is 52.9. The van der Waals surface area contributed by atoms with Crippen LogP contribution in [0.5, 0.6) is 0 Å². The minimum absolute atomic E-state index is 0.0594. The molecule has 0 spiro atoms. The van der Waals surface area contributed by atoms with Crippen molar-refractivity contribution in [3.63, 3.8) is 0 Å². The quantitative estimate of drug-likeness (QED) is 0.133. The number of fused-ring (bicyclic) bond motifs is 1. The minimum atomic E-state index is -5.67. The summed E-state index contributed by atoms with van der Waals surface area (Å²) in [5.41, 5.74) is 15.1. The molecule has 0 saturated carbocycles. The summed E-state index contributed by atoms with van der Waals surface area (Å²) in [4.78, 5) is 50.4. The van der Waals surface area contributed by atoms with Crippen molar-refractivity contribution in [2.75, 3.05) is 12.3 Å². The molecule has 2 aromatic rings. The summed E-state index contributed by atoms with van der Waals surface area (Å²) in [6.07, 6.45) is 0.640. The van der Waals surface area contributed by atoms with Crippen molar-refractivity contribution in [3.8, 4) is 0 Å². The second kappa shape index (κ2) is 9.11. The minimum Gasteiger partial charge on any atom is -0.382 e. The molecule has 0 bridgehead atoms. The first kappa shape index (κ1) is 24.7. The molecule has 22 heteroatoms. The third kappa shape index (κ3) is 6.08. The van der Waals surface area contributed by atoms with Crippen LogP contribution in [0, 0.1) is 0 Å². The Labute approximate surface area is 177 Å². The Balaban J connectivity index is 1.72. The first-order valence-corrected chi connectivity index (χ1v) is 12.7. The maximum Gasteiger partial charge on any atom is 0.490 e. The van der Waals surface area contributed by atoms with Crippen LogP contribution in [0.25, 0.3) is 21.6 Å². The lowest BCUT2D eigenvalue weighted by molar-refractivity contribution is -0.0230. The van der Waals surface area contributed by atoms with Gasteiger partial charge < -0.3 is 30.0 Å². The number of hydrogen-bond donors (Lipinski definition) is 5. The van der Waals surface area contributed by atoms with Gasteiger partial charge in [-0.05, 0) is 5.53 Å². The van der Waals surface area contributed by atoms with Crippen LogP contribution in [0.1, 0.15) is 12.6 Å². The van der Waals surface area contributed by atoms with Gasteiger partial charge in [0.25, 0.3) is 0 Å². The monoisotopic (exact) mass is 516 g/mol. The number of imidazole rings is 1. The summed E-state index contributed by atoms with van der Waals surface area (Å²) in [6.45, 7) is -0.784. The standard InChI is InChI=1S/C10H15N8O11P3/c11-9-8-10(14-3-13-9)18(4-15-8)7-1-5(16-17-12)6(27-7)2-26-31(22,23)29-32(24,25)28-30(19,20)21/h3-7H,1-2H2,(H,22,23)(H,24,25)(H2,11,13,14)(H2,19,20,21)/t5?,6-,7-/m0/s1. The van der Waals surface area contributed by atoms with Crippen LogP contribution in [0.3, 0.4) is 0 Å². The molecule has 0 aromatic carbocycles. The summed E-state index contributed by atoms with van der Waals surface area (Å²) in [7, 11) is -16.6. The van der Waals surface area contributed by atoms with Crippen molar-refractivity contribution >= 4 is 40.4 Å². The number of rotatable bonds is 9. The Kier molecular flexibility index (Phi) is 7.02. The fraction of sp³-hybridized carbons (Fsp3) is 0.500. The molecule has 1 fully saturated rings. The third-order valence-corrected chi connectivity index (χ3v) is 7.72. The van der Waals surface area contributed by atoms with Gasteiger partial charge in [0.1, 0.15) is 18.1 Å². The van der Waals surface area contributed by atoms with Crippen molar-refractivity contribution < 1.29 is 51.2 Å². The van der Waals surface area contributed by atoms with Crippen molar-refractivity contribution in [1.82, 2.24) is 19.5 Å². The summed E-state index contributed by atoms with van der Waals surface area (Å²) >= 11 is 0. The predicted octanol–water partition coefficient (Wildman–Crippen LogP) is 0.718. The molecular formula is C10H15N8O11P3. The number of hydrogen-bond acceptors (Lipinski definition) is 12. The molecule has 3 heterocycles. The van der Waals surface area contributed by atoms with Crippen molar-refractivity contribution in [2.45, 2.75) is 24.8 Å². The topological polar surface area (TPSA) is 287 Å². The number of phosphoric ester groups is 1. The molecule has 6 N–H and O–H groups in total. The Morgan fingerprint density at radius 1 is 1.22 bits per heavy atom. The zero-order chi connectivity index (χ0) is 23.7. The smallest absolute Gasteiger partial charge is 0.382 e. The van der Waals surface area contributed by atoms with Crippen molar-refractivity contribution in [3.05, 3.63) is 23.1 Å². The number of nitrogens with two attached hydrogens (primary N) is 1. The van der Waals surface area contributed by atoms with Gasteiger partial charge in [-0.15, -0.1) is 0 Å². The van der Waals surface area contributed by atoms with Crippen molar-refractivity contribution in [1.29, 1.82) is 0 Å². The number of aromatic nitrogens is 4. The number of nitrogen functional groups attached to an aromatic ring is 1. The van der Waals surface area contributed by atoms with E-state index in [1.54, 1.807) is 0 Å². The van der Waals surface area contributed by atoms with Crippen molar-refractivity contribution in [2.24, 2.45) is 5.11 Å². The van der Waals surface area contributed by atoms with E-state index in [1.165, 1.54) is 17.2 Å². The zero-order valence-electron chi connectivity index (χ0n) is 15.5. The molecule has 19 nitrogen and oxygen atoms in total. The molecule has 5 atom stereocenters. The number of azide groups is 1. The second-order valence-electron chi connectivity index (χ2n) is 6.11. The highest BCUT2D eigenvalue weighted by molar-refractivity contribution is 7.66. The van der Waals surface area contributed by atoms with Gasteiger partial charge in [0.15, 0.2) is 11.5 Å². The largest absolute Gasteiger partial charge is 0.490 e. The van der Waals surface area contributed by atoms with Crippen LogP contribution >= 0.6 is 23.5 Å². The normalized spacial score (nSPS) is 25.2. The predicted molar refractivity (Wildman–Crippen MR) is 101 cm³/mol. The molecule has 176 valence electrons. The highest BCUT2D eigenvalue weighted by atomic mass is 31.3. The lowest BCUT2D eigenvalue weighted by Crippen LogP contribution is -2.24. The number of nitrogens with zero attached hydrogens (tertiary/aromatic N) is 7. The SMILES string of the molecule is [N-]=[N+]=NC1C[C@@H](n2cnc3c(N)ncnc32)O[C@H]1COP(=O)(O)OP(=O)(O)OP(=O)(O)O. The first-order valence-electron chi connectivity index (χ1n) is 8.21. The number of phosphoric acid groups is 3. The van der Waals surface area contributed by atoms with E-state index >= 15 is 0 Å². The average Bonchev–Trinajstić information content (AvgIpc) is 3.22. The lowest BCUT2D eigenvalue weighted by atomic mass is 10.1. The van der Waals surface area contributed by atoms with E-state index in [-0.39, 0.29) is 17.8 Å². The highest BCUT2D eigenvalue weighted by Gasteiger charge is 2.43. The lowest BCUT2D eigenvalue weighted by Gasteiger charge is -2.19. The first-order chi connectivity index (χ1) is 14.8. The van der Waals surface area contributed by atoms with E-state index in [2.05, 4.69) is 38.1 Å². The van der Waals surface area contributed by atoms with E-state index in [1.807, 2.05) is 0 Å². The van der Waals surface area contributed by atoms with Gasteiger partial charge in [0.2, 0.25) is 0 Å². The summed E-state index contributed by atoms with van der Waals surface area (Å²) in [5.74, 6) is 0.113. The molecule has 32 heavy (non-hydrogen) atoms. The van der Waals surface area contributed by atoms with Gasteiger partial charge >= 0.3 is 23.5 Å². The third-order valence-electron chi connectivity index (χ3n) is 3.92. The molecule has 1 aliphatic rings. The molecular weight excluding hydrogens is 501 g/mol. The maximum absolute atomic E-state index is 11.9. The molecule has 3 rings (SSSR count). The molecule has 1 aliphatic heterocycles. The molecule has 0 aliphatic carbocycles. The second-order valence-corrected chi connectivity index (χ2v) is 10.5. The summed E-state index contributed by atoms with van der Waals surface area (Å²) in [5, 5.41) is 3.53. The van der Waals surface area contributed by atoms with Gasteiger partial charge in [0.05, 0.1) is 25.1 Å². The van der Waals surface area contributed by atoms with Crippen LogP contribution < -0.4 is 5.73 Å². The van der Waals surface area contributed by atoms with E-state index in [0.29, 0.717) is 5.65 Å². The molecule has 0 radical (unpaired) electrons. The van der Waals surface area contributed by atoms with Crippen LogP contribution in [-0.2, 0) is 31.6 Å². The summed E-state index contributed by atoms with van der Waals surface area (Å²) in [6, 6.07) is -0.922. The van der Waals surface area contributed by atoms with E-state index in [4.69, 9.17) is 25.8 Å². The molecule has 3 unspecified atom stereocenters. The van der Waals surface area contributed by atoms with Crippen LogP contribution in [0.4, 0.5) is 5.82 Å². The maximum atomic E-state index is 11.9. The van der Waals surface area contributed by atoms with Gasteiger partial charge in [-0.1, -0.05) is 5.11 Å². The molecule has 2 aromatic heterocycles. The van der Waals surface area contributed by atoms with Gasteiger partial charge in [-0.2, -0.15) is 8.62 Å². The number of ether oxygens (including phenoxy) is 1. The Hall–Kier alpha value is -1.97. The Bertz CT molecular complexity index is 1190. The van der Waals surface area contributed by atoms with Crippen LogP contribution in [-0.4, -0.2) is 57.8 Å². The zero-order valence-corrected chi connectivity index (χ0v) is 18.2. The van der Waals surface area contributed by atoms with E-state index in [0.717, 1.165) is 0 Å². The fourth-order valence-corrected chi connectivity index (χ4v) is 5.81. The highest BCUT2D eigenvalue weighted by Crippen LogP contribution is 2.66. The van der Waals surface area contributed by atoms with Gasteiger partial charge in [-0.3, -0.25) is 9.09 Å². The van der Waals surface area contributed by atoms with Crippen LogP contribution in [0.15, 0.2) is 17.8 Å². The Morgan fingerprint density at radius 3 is 2.59 bits per heavy atom. The van der Waals surface area contributed by atoms with Gasteiger partial charge in [-0.25, -0.2) is 28.6 Å².